The molecule has 4 atom stereocenters. The first-order chi connectivity index (χ1) is 11.4. The average molecular weight is 322 g/mol. The van der Waals surface area contributed by atoms with Crippen LogP contribution in [0.5, 0.6) is 0 Å². The van der Waals surface area contributed by atoms with E-state index >= 15 is 0 Å². The van der Waals surface area contributed by atoms with Crippen LogP contribution in [0.25, 0.3) is 10.8 Å². The molecular weight excluding hydrogens is 296 g/mol. The number of carbonyl (C=O) groups excluding carboxylic acids is 1. The number of rotatable bonds is 2. The average Bonchev–Trinajstić information content (AvgIpc) is 2.85. The molecule has 2 aromatic rings. The highest BCUT2D eigenvalue weighted by atomic mass is 16.5. The van der Waals surface area contributed by atoms with E-state index in [4.69, 9.17) is 4.74 Å². The lowest BCUT2D eigenvalue weighted by molar-refractivity contribution is -0.150. The summed E-state index contributed by atoms with van der Waals surface area (Å²) in [5, 5.41) is 2.56. The Bertz CT molecular complexity index is 801. The van der Waals surface area contributed by atoms with Crippen molar-refractivity contribution in [1.29, 1.82) is 0 Å². The molecule has 2 aliphatic rings. The van der Waals surface area contributed by atoms with E-state index in [1.165, 1.54) is 22.8 Å². The van der Waals surface area contributed by atoms with E-state index in [2.05, 4.69) is 63.2 Å². The van der Waals surface area contributed by atoms with Gasteiger partial charge in [-0.2, -0.15) is 0 Å². The summed E-state index contributed by atoms with van der Waals surface area (Å²) >= 11 is 0. The van der Waals surface area contributed by atoms with Crippen molar-refractivity contribution in [3.05, 3.63) is 48.0 Å². The van der Waals surface area contributed by atoms with Gasteiger partial charge in [-0.25, -0.2) is 0 Å². The Balaban J connectivity index is 1.92. The molecule has 2 nitrogen and oxygen atoms in total. The van der Waals surface area contributed by atoms with Gasteiger partial charge in [-0.05, 0) is 40.0 Å². The summed E-state index contributed by atoms with van der Waals surface area (Å²) in [5.41, 5.74) is 1.67. The smallest absolute Gasteiger partial charge is 0.302 e. The largest absolute Gasteiger partial charge is 0.462 e. The Morgan fingerprint density at radius 2 is 1.79 bits per heavy atom. The van der Waals surface area contributed by atoms with Crippen LogP contribution in [0.4, 0.5) is 0 Å². The first-order valence-corrected chi connectivity index (χ1v) is 9.01. The topological polar surface area (TPSA) is 26.3 Å². The highest BCUT2D eigenvalue weighted by Gasteiger charge is 2.67. The van der Waals surface area contributed by atoms with Gasteiger partial charge in [0.05, 0.1) is 0 Å². The maximum atomic E-state index is 11.8. The van der Waals surface area contributed by atoms with Crippen LogP contribution in [0.15, 0.2) is 42.5 Å². The number of carbonyl (C=O) groups is 1. The van der Waals surface area contributed by atoms with Crippen molar-refractivity contribution < 1.29 is 9.53 Å². The molecule has 2 heteroatoms. The fourth-order valence-corrected chi connectivity index (χ4v) is 5.67. The van der Waals surface area contributed by atoms with Crippen LogP contribution in [0.1, 0.15) is 52.0 Å². The minimum atomic E-state index is -0.155. The van der Waals surface area contributed by atoms with Gasteiger partial charge in [0.15, 0.2) is 0 Å². The van der Waals surface area contributed by atoms with Gasteiger partial charge in [0.2, 0.25) is 0 Å². The highest BCUT2D eigenvalue weighted by Crippen LogP contribution is 2.71. The highest BCUT2D eigenvalue weighted by molar-refractivity contribution is 5.86. The fraction of sp³-hybridized carbons (Fsp3) is 0.500. The molecule has 0 heterocycles. The Hall–Kier alpha value is -1.83. The molecule has 0 saturated heterocycles. The lowest BCUT2D eigenvalue weighted by Gasteiger charge is -2.40. The van der Waals surface area contributed by atoms with Crippen LogP contribution in [-0.4, -0.2) is 12.1 Å². The van der Waals surface area contributed by atoms with Crippen LogP contribution in [0.3, 0.4) is 0 Å². The van der Waals surface area contributed by atoms with E-state index in [-0.39, 0.29) is 28.8 Å². The molecule has 4 unspecified atom stereocenters. The maximum absolute atomic E-state index is 11.8. The second kappa shape index (κ2) is 5.08. The SMILES string of the molecule is CC(=O)OC1C2CCC(C)(C1c1cccc3ccccc13)C2(C)C. The van der Waals surface area contributed by atoms with Crippen LogP contribution >= 0.6 is 0 Å². The maximum Gasteiger partial charge on any atom is 0.302 e. The van der Waals surface area contributed by atoms with Gasteiger partial charge < -0.3 is 4.74 Å². The number of benzene rings is 2. The molecule has 2 bridgehead atoms. The lowest BCUT2D eigenvalue weighted by Crippen LogP contribution is -2.35. The molecule has 126 valence electrons. The Kier molecular flexibility index (Phi) is 3.32. The molecule has 0 radical (unpaired) electrons. The Morgan fingerprint density at radius 1 is 1.08 bits per heavy atom. The number of fused-ring (bicyclic) bond motifs is 3. The molecule has 0 amide bonds. The van der Waals surface area contributed by atoms with Crippen molar-refractivity contribution in [2.24, 2.45) is 16.7 Å². The zero-order valence-electron chi connectivity index (χ0n) is 15.0. The predicted octanol–water partition coefficient (Wildman–Crippen LogP) is 5.31. The van der Waals surface area contributed by atoms with Gasteiger partial charge in [0.25, 0.3) is 0 Å². The van der Waals surface area contributed by atoms with E-state index in [0.717, 1.165) is 6.42 Å². The summed E-state index contributed by atoms with van der Waals surface area (Å²) in [5.74, 6) is 0.550. The third-order valence-electron chi connectivity index (χ3n) is 7.25. The monoisotopic (exact) mass is 322 g/mol. The molecule has 0 N–H and O–H groups in total. The van der Waals surface area contributed by atoms with Gasteiger partial charge in [-0.1, -0.05) is 63.2 Å². The number of esters is 1. The fourth-order valence-electron chi connectivity index (χ4n) is 5.67. The van der Waals surface area contributed by atoms with Gasteiger partial charge in [-0.15, -0.1) is 0 Å². The Morgan fingerprint density at radius 3 is 2.54 bits per heavy atom. The summed E-state index contributed by atoms with van der Waals surface area (Å²) < 4.78 is 5.92. The molecule has 4 rings (SSSR count). The van der Waals surface area contributed by atoms with Gasteiger partial charge in [0.1, 0.15) is 6.10 Å². The molecular formula is C22H26O2. The molecule has 2 saturated carbocycles. The molecule has 2 fully saturated rings. The van der Waals surface area contributed by atoms with E-state index in [1.807, 2.05) is 0 Å². The van der Waals surface area contributed by atoms with Crippen molar-refractivity contribution in [3.63, 3.8) is 0 Å². The number of hydrogen-bond acceptors (Lipinski definition) is 2. The van der Waals surface area contributed by atoms with Crippen molar-refractivity contribution >= 4 is 16.7 Å². The van der Waals surface area contributed by atoms with Gasteiger partial charge >= 0.3 is 5.97 Å². The molecule has 24 heavy (non-hydrogen) atoms. The van der Waals surface area contributed by atoms with Crippen molar-refractivity contribution in [2.45, 2.75) is 52.6 Å². The standard InChI is InChI=1S/C22H26O2/c1-14(23)24-20-18-12-13-22(4,21(18,2)3)19(20)17-11-7-9-15-8-5-6-10-16(15)17/h5-11,18-20H,12-13H2,1-4H3. The van der Waals surface area contributed by atoms with Crippen LogP contribution in [0, 0.1) is 16.7 Å². The van der Waals surface area contributed by atoms with Crippen LogP contribution < -0.4 is 0 Å². The lowest BCUT2D eigenvalue weighted by atomic mass is 9.64. The normalized spacial score (nSPS) is 33.8. The minimum Gasteiger partial charge on any atom is -0.462 e. The minimum absolute atomic E-state index is 0.0120. The second-order valence-electron chi connectivity index (χ2n) is 8.40. The quantitative estimate of drug-likeness (QED) is 0.700. The molecule has 0 aliphatic heterocycles. The van der Waals surface area contributed by atoms with E-state index in [0.29, 0.717) is 5.92 Å². The van der Waals surface area contributed by atoms with Crippen molar-refractivity contribution in [2.75, 3.05) is 0 Å². The summed E-state index contributed by atoms with van der Waals surface area (Å²) in [6, 6.07) is 15.1. The summed E-state index contributed by atoms with van der Waals surface area (Å²) in [6.45, 7) is 8.68. The Labute approximate surface area is 144 Å². The number of hydrogen-bond donors (Lipinski definition) is 0. The molecule has 2 aromatic carbocycles. The van der Waals surface area contributed by atoms with Crippen LogP contribution in [-0.2, 0) is 9.53 Å². The van der Waals surface area contributed by atoms with E-state index in [1.54, 1.807) is 6.92 Å². The zero-order valence-corrected chi connectivity index (χ0v) is 15.0. The summed E-state index contributed by atoms with van der Waals surface area (Å²) in [6.07, 6.45) is 2.35. The second-order valence-corrected chi connectivity index (χ2v) is 8.40. The third kappa shape index (κ3) is 1.92. The number of ether oxygens (including phenoxy) is 1. The van der Waals surface area contributed by atoms with Gasteiger partial charge in [-0.3, -0.25) is 4.79 Å². The van der Waals surface area contributed by atoms with Gasteiger partial charge in [0, 0.05) is 18.8 Å². The zero-order chi connectivity index (χ0) is 17.1. The van der Waals surface area contributed by atoms with Crippen LogP contribution in [0.2, 0.25) is 0 Å². The third-order valence-corrected chi connectivity index (χ3v) is 7.25. The predicted molar refractivity (Wildman–Crippen MR) is 96.9 cm³/mol. The molecule has 0 spiro atoms. The summed E-state index contributed by atoms with van der Waals surface area (Å²) in [4.78, 5) is 11.8. The van der Waals surface area contributed by atoms with E-state index < -0.39 is 0 Å². The van der Waals surface area contributed by atoms with Crippen molar-refractivity contribution in [3.8, 4) is 0 Å². The molecule has 2 aliphatic carbocycles. The molecule has 0 aromatic heterocycles. The first-order valence-electron chi connectivity index (χ1n) is 9.01. The van der Waals surface area contributed by atoms with Crippen molar-refractivity contribution in [1.82, 2.24) is 0 Å². The summed E-state index contributed by atoms with van der Waals surface area (Å²) in [7, 11) is 0. The first kappa shape index (κ1) is 15.7. The van der Waals surface area contributed by atoms with E-state index in [9.17, 15) is 4.79 Å².